The first-order chi connectivity index (χ1) is 11.7. The first-order valence-electron chi connectivity index (χ1n) is 9.56. The van der Waals surface area contributed by atoms with Gasteiger partial charge in [0.15, 0.2) is 0 Å². The molecule has 4 fully saturated rings. The number of ether oxygens (including phenoxy) is 2. The van der Waals surface area contributed by atoms with Gasteiger partial charge in [0, 0.05) is 56.4 Å². The molecule has 0 aromatic rings. The third-order valence-corrected chi connectivity index (χ3v) is 7.53. The number of amides is 1. The molecule has 6 heteroatoms. The molecule has 1 atom stereocenters. The molecule has 4 aliphatic rings. The van der Waals surface area contributed by atoms with E-state index in [1.807, 2.05) is 4.90 Å². The lowest BCUT2D eigenvalue weighted by atomic mass is 9.90. The van der Waals surface area contributed by atoms with Gasteiger partial charge in [-0.1, -0.05) is 0 Å². The second-order valence-corrected chi connectivity index (χ2v) is 9.43. The van der Waals surface area contributed by atoms with E-state index in [1.54, 1.807) is 0 Å². The van der Waals surface area contributed by atoms with E-state index < -0.39 is 0 Å². The Morgan fingerprint density at radius 1 is 1.21 bits per heavy atom. The molecule has 1 amide bonds. The summed E-state index contributed by atoms with van der Waals surface area (Å²) in [5.41, 5.74) is 0. The molecule has 0 aromatic heterocycles. The molecule has 5 nitrogen and oxygen atoms in total. The number of carbonyl (C=O) groups excluding carboxylic acids is 1. The van der Waals surface area contributed by atoms with Crippen LogP contribution in [0, 0.1) is 5.92 Å². The zero-order chi connectivity index (χ0) is 16.4. The predicted molar refractivity (Wildman–Crippen MR) is 95.3 cm³/mol. The number of hydrogen-bond acceptors (Lipinski definition) is 5. The first kappa shape index (κ1) is 17.1. The Bertz CT molecular complexity index is 444. The Balaban J connectivity index is 1.15. The molecule has 0 bridgehead atoms. The molecule has 136 valence electrons. The molecule has 4 heterocycles. The van der Waals surface area contributed by atoms with Crippen LogP contribution in [0.3, 0.4) is 0 Å². The van der Waals surface area contributed by atoms with Gasteiger partial charge in [-0.05, 0) is 38.0 Å². The van der Waals surface area contributed by atoms with E-state index >= 15 is 0 Å². The van der Waals surface area contributed by atoms with Crippen molar-refractivity contribution in [3.05, 3.63) is 0 Å². The highest BCUT2D eigenvalue weighted by atomic mass is 32.2. The van der Waals surface area contributed by atoms with Gasteiger partial charge in [0.1, 0.15) is 6.61 Å². The monoisotopic (exact) mass is 354 g/mol. The quantitative estimate of drug-likeness (QED) is 0.750. The minimum Gasteiger partial charge on any atom is -0.381 e. The van der Waals surface area contributed by atoms with Crippen LogP contribution in [-0.2, 0) is 14.3 Å². The standard InChI is InChI=1S/C18H30N2O3S/c21-17(20-5-1-2-6-20)11-23-16-9-18(24-12-16)13-19(14-18)10-15-3-7-22-8-4-15/h15-16H,1-14H2. The van der Waals surface area contributed by atoms with Gasteiger partial charge >= 0.3 is 0 Å². The summed E-state index contributed by atoms with van der Waals surface area (Å²) < 4.78 is 11.8. The summed E-state index contributed by atoms with van der Waals surface area (Å²) in [4.78, 5) is 16.7. The van der Waals surface area contributed by atoms with Crippen LogP contribution in [0.15, 0.2) is 0 Å². The summed E-state index contributed by atoms with van der Waals surface area (Å²) in [7, 11) is 0. The molecular formula is C18H30N2O3S. The van der Waals surface area contributed by atoms with Crippen LogP contribution in [0.2, 0.25) is 0 Å². The minimum atomic E-state index is 0.188. The van der Waals surface area contributed by atoms with Crippen molar-refractivity contribution in [1.29, 1.82) is 0 Å². The number of hydrogen-bond donors (Lipinski definition) is 0. The van der Waals surface area contributed by atoms with E-state index in [4.69, 9.17) is 9.47 Å². The van der Waals surface area contributed by atoms with Gasteiger partial charge in [-0.25, -0.2) is 0 Å². The summed E-state index contributed by atoms with van der Waals surface area (Å²) >= 11 is 2.07. The molecule has 1 unspecified atom stereocenters. The van der Waals surface area contributed by atoms with Gasteiger partial charge in [-0.15, -0.1) is 11.8 Å². The fraction of sp³-hybridized carbons (Fsp3) is 0.944. The van der Waals surface area contributed by atoms with Crippen LogP contribution in [0.4, 0.5) is 0 Å². The van der Waals surface area contributed by atoms with Gasteiger partial charge in [0.25, 0.3) is 0 Å². The number of thioether (sulfide) groups is 1. The molecule has 4 rings (SSSR count). The molecule has 24 heavy (non-hydrogen) atoms. The zero-order valence-electron chi connectivity index (χ0n) is 14.6. The van der Waals surface area contributed by atoms with Crippen molar-refractivity contribution < 1.29 is 14.3 Å². The maximum absolute atomic E-state index is 12.1. The highest BCUT2D eigenvalue weighted by Gasteiger charge is 2.49. The SMILES string of the molecule is O=C(COC1CSC2(C1)CN(CC1CCOCC1)C2)N1CCCC1. The molecule has 0 N–H and O–H groups in total. The third kappa shape index (κ3) is 3.92. The minimum absolute atomic E-state index is 0.188. The second-order valence-electron chi connectivity index (χ2n) is 7.94. The van der Waals surface area contributed by atoms with E-state index in [1.165, 1.54) is 32.5 Å². The maximum atomic E-state index is 12.1. The first-order valence-corrected chi connectivity index (χ1v) is 10.5. The van der Waals surface area contributed by atoms with Crippen molar-refractivity contribution in [3.8, 4) is 0 Å². The Morgan fingerprint density at radius 2 is 1.96 bits per heavy atom. The molecular weight excluding hydrogens is 324 g/mol. The summed E-state index contributed by atoms with van der Waals surface area (Å²) in [5, 5.41) is 0. The Kier molecular flexibility index (Phi) is 5.37. The maximum Gasteiger partial charge on any atom is 0.248 e. The summed E-state index contributed by atoms with van der Waals surface area (Å²) in [5.74, 6) is 2.07. The average Bonchev–Trinajstić information content (AvgIpc) is 3.23. The van der Waals surface area contributed by atoms with Gasteiger partial charge in [0.2, 0.25) is 5.91 Å². The van der Waals surface area contributed by atoms with Gasteiger partial charge in [0.05, 0.1) is 6.10 Å². The van der Waals surface area contributed by atoms with E-state index in [0.29, 0.717) is 4.75 Å². The van der Waals surface area contributed by atoms with Crippen molar-refractivity contribution in [3.63, 3.8) is 0 Å². The van der Waals surface area contributed by atoms with Crippen molar-refractivity contribution in [2.75, 3.05) is 58.3 Å². The number of carbonyl (C=O) groups is 1. The van der Waals surface area contributed by atoms with E-state index in [0.717, 1.165) is 57.2 Å². The normalized spacial score (nSPS) is 30.8. The Labute approximate surface area is 149 Å². The van der Waals surface area contributed by atoms with Crippen molar-refractivity contribution in [1.82, 2.24) is 9.80 Å². The average molecular weight is 355 g/mol. The molecule has 0 aromatic carbocycles. The lowest BCUT2D eigenvalue weighted by Crippen LogP contribution is -2.60. The van der Waals surface area contributed by atoms with Crippen LogP contribution in [0.5, 0.6) is 0 Å². The van der Waals surface area contributed by atoms with Crippen LogP contribution < -0.4 is 0 Å². The van der Waals surface area contributed by atoms with Crippen molar-refractivity contribution in [2.45, 2.75) is 43.0 Å². The van der Waals surface area contributed by atoms with E-state index in [-0.39, 0.29) is 18.6 Å². The van der Waals surface area contributed by atoms with Crippen LogP contribution in [-0.4, -0.2) is 84.9 Å². The summed E-state index contributed by atoms with van der Waals surface area (Å²) in [6.45, 7) is 7.67. The largest absolute Gasteiger partial charge is 0.381 e. The molecule has 4 saturated heterocycles. The number of likely N-dealkylation sites (tertiary alicyclic amines) is 2. The second kappa shape index (κ2) is 7.52. The lowest BCUT2D eigenvalue weighted by Gasteiger charge is -2.49. The van der Waals surface area contributed by atoms with E-state index in [2.05, 4.69) is 16.7 Å². The van der Waals surface area contributed by atoms with Crippen molar-refractivity contribution in [2.24, 2.45) is 5.92 Å². The van der Waals surface area contributed by atoms with Gasteiger partial charge in [-0.3, -0.25) is 4.79 Å². The van der Waals surface area contributed by atoms with Crippen molar-refractivity contribution >= 4 is 17.7 Å². The summed E-state index contributed by atoms with van der Waals surface area (Å²) in [6.07, 6.45) is 6.14. The molecule has 4 aliphatic heterocycles. The summed E-state index contributed by atoms with van der Waals surface area (Å²) in [6, 6.07) is 0. The lowest BCUT2D eigenvalue weighted by molar-refractivity contribution is -0.136. The van der Waals surface area contributed by atoms with Gasteiger partial charge in [-0.2, -0.15) is 0 Å². The smallest absolute Gasteiger partial charge is 0.248 e. The van der Waals surface area contributed by atoms with Gasteiger partial charge < -0.3 is 19.3 Å². The fourth-order valence-electron chi connectivity index (χ4n) is 4.57. The highest BCUT2D eigenvalue weighted by molar-refractivity contribution is 8.01. The van der Waals surface area contributed by atoms with Crippen LogP contribution in [0.1, 0.15) is 32.1 Å². The van der Waals surface area contributed by atoms with Crippen LogP contribution >= 0.6 is 11.8 Å². The number of rotatable bonds is 5. The topological polar surface area (TPSA) is 42.0 Å². The fourth-order valence-corrected chi connectivity index (χ4v) is 6.17. The number of nitrogens with zero attached hydrogens (tertiary/aromatic N) is 2. The van der Waals surface area contributed by atoms with Crippen LogP contribution in [0.25, 0.3) is 0 Å². The molecule has 0 aliphatic carbocycles. The molecule has 1 spiro atoms. The molecule has 0 radical (unpaired) electrons. The highest BCUT2D eigenvalue weighted by Crippen LogP contribution is 2.46. The Morgan fingerprint density at radius 3 is 2.71 bits per heavy atom. The zero-order valence-corrected chi connectivity index (χ0v) is 15.4. The Hall–Kier alpha value is -0.300. The third-order valence-electron chi connectivity index (χ3n) is 5.96. The molecule has 0 saturated carbocycles. The van der Waals surface area contributed by atoms with E-state index in [9.17, 15) is 4.79 Å². The predicted octanol–water partition coefficient (Wildman–Crippen LogP) is 1.61.